The normalized spacial score (nSPS) is 17.7. The Bertz CT molecular complexity index is 1080. The number of carboxylic acids is 1. The number of rotatable bonds is 7. The molecule has 172 valence electrons. The summed E-state index contributed by atoms with van der Waals surface area (Å²) in [6.07, 6.45) is 4.47. The molecule has 4 rings (SSSR count). The molecule has 2 aromatic rings. The molecule has 0 radical (unpaired) electrons. The number of methoxy groups -OCH3 is 1. The molecule has 1 fully saturated rings. The summed E-state index contributed by atoms with van der Waals surface area (Å²) in [6, 6.07) is 5.28. The number of fused-ring (bicyclic) bond motifs is 3. The minimum atomic E-state index is -1.22. The number of carbonyl (C=O) groups is 1. The number of ether oxygens (including phenoxy) is 3. The molecule has 1 saturated carbocycles. The molecule has 0 saturated heterocycles. The van der Waals surface area contributed by atoms with Gasteiger partial charge in [-0.1, -0.05) is 20.8 Å². The minimum absolute atomic E-state index is 0.154. The van der Waals surface area contributed by atoms with E-state index in [0.717, 1.165) is 36.1 Å². The van der Waals surface area contributed by atoms with Crippen molar-refractivity contribution in [2.24, 2.45) is 5.41 Å². The van der Waals surface area contributed by atoms with Gasteiger partial charge in [-0.3, -0.25) is 4.79 Å². The fourth-order valence-corrected chi connectivity index (χ4v) is 4.22. The van der Waals surface area contributed by atoms with Gasteiger partial charge >= 0.3 is 5.97 Å². The van der Waals surface area contributed by atoms with E-state index in [0.29, 0.717) is 37.2 Å². The maximum Gasteiger partial charge on any atom is 0.341 e. The highest BCUT2D eigenvalue weighted by Gasteiger charge is 2.35. The summed E-state index contributed by atoms with van der Waals surface area (Å²) >= 11 is 0. The first-order valence-electron chi connectivity index (χ1n) is 11.1. The van der Waals surface area contributed by atoms with Crippen LogP contribution in [0.1, 0.15) is 67.9 Å². The highest BCUT2D eigenvalue weighted by Crippen LogP contribution is 2.49. The average Bonchev–Trinajstić information content (AvgIpc) is 3.56. The van der Waals surface area contributed by atoms with Gasteiger partial charge < -0.3 is 23.9 Å². The summed E-state index contributed by atoms with van der Waals surface area (Å²) in [4.78, 5) is 24.3. The maximum atomic E-state index is 12.6. The van der Waals surface area contributed by atoms with Crippen molar-refractivity contribution in [1.29, 1.82) is 0 Å². The Morgan fingerprint density at radius 3 is 2.59 bits per heavy atom. The second kappa shape index (κ2) is 8.62. The van der Waals surface area contributed by atoms with Crippen molar-refractivity contribution >= 4 is 5.97 Å². The molecule has 1 aliphatic heterocycles. The van der Waals surface area contributed by atoms with Crippen molar-refractivity contribution in [2.45, 2.75) is 52.0 Å². The van der Waals surface area contributed by atoms with Crippen molar-refractivity contribution in [3.8, 4) is 22.8 Å². The van der Waals surface area contributed by atoms with E-state index in [2.05, 4.69) is 26.8 Å². The highest BCUT2D eigenvalue weighted by atomic mass is 16.5. The molecule has 1 aromatic carbocycles. The third kappa shape index (κ3) is 4.39. The third-order valence-corrected chi connectivity index (χ3v) is 6.20. The quantitative estimate of drug-likeness (QED) is 0.637. The first-order chi connectivity index (χ1) is 15.2. The SMILES string of the molecule is COCCCOc1cc2c(cc1C1CC1)-c1cc(=O)c(C(=O)O)cn1C(C(C)(C)C)CO2. The van der Waals surface area contributed by atoms with Gasteiger partial charge in [-0.15, -0.1) is 0 Å². The molecule has 7 heteroatoms. The van der Waals surface area contributed by atoms with Crippen LogP contribution in [-0.2, 0) is 4.74 Å². The number of carboxylic acid groups (broad SMARTS) is 1. The van der Waals surface area contributed by atoms with Gasteiger partial charge in [-0.25, -0.2) is 4.79 Å². The summed E-state index contributed by atoms with van der Waals surface area (Å²) < 4.78 is 19.4. The van der Waals surface area contributed by atoms with Crippen LogP contribution in [0.15, 0.2) is 29.2 Å². The van der Waals surface area contributed by atoms with E-state index in [1.807, 2.05) is 10.6 Å². The van der Waals surface area contributed by atoms with Gasteiger partial charge in [0.2, 0.25) is 0 Å². The second-order valence-corrected chi connectivity index (χ2v) is 9.70. The Kier molecular flexibility index (Phi) is 6.03. The predicted octanol–water partition coefficient (Wildman–Crippen LogP) is 4.49. The largest absolute Gasteiger partial charge is 0.493 e. The predicted molar refractivity (Wildman–Crippen MR) is 121 cm³/mol. The molecule has 0 amide bonds. The summed E-state index contributed by atoms with van der Waals surface area (Å²) in [5.41, 5.74) is 1.64. The first kappa shape index (κ1) is 22.4. The van der Waals surface area contributed by atoms with Crippen LogP contribution < -0.4 is 14.9 Å². The van der Waals surface area contributed by atoms with Gasteiger partial charge in [0, 0.05) is 44.0 Å². The summed E-state index contributed by atoms with van der Waals surface area (Å²) in [5.74, 6) is 0.673. The molecule has 2 aliphatic rings. The van der Waals surface area contributed by atoms with Crippen LogP contribution in [-0.4, -0.2) is 42.6 Å². The third-order valence-electron chi connectivity index (χ3n) is 6.20. The van der Waals surface area contributed by atoms with Crippen molar-refractivity contribution in [2.75, 3.05) is 26.9 Å². The van der Waals surface area contributed by atoms with Crippen molar-refractivity contribution in [1.82, 2.24) is 4.57 Å². The van der Waals surface area contributed by atoms with Crippen LogP contribution in [0.5, 0.6) is 11.5 Å². The number of aromatic nitrogens is 1. The Balaban J connectivity index is 1.85. The van der Waals surface area contributed by atoms with Gasteiger partial charge in [-0.05, 0) is 35.8 Å². The van der Waals surface area contributed by atoms with E-state index < -0.39 is 11.4 Å². The molecule has 1 unspecified atom stereocenters. The van der Waals surface area contributed by atoms with Crippen LogP contribution >= 0.6 is 0 Å². The molecule has 32 heavy (non-hydrogen) atoms. The summed E-state index contributed by atoms with van der Waals surface area (Å²) in [7, 11) is 1.67. The minimum Gasteiger partial charge on any atom is -0.493 e. The van der Waals surface area contributed by atoms with Crippen molar-refractivity contribution in [3.05, 3.63) is 45.7 Å². The van der Waals surface area contributed by atoms with E-state index in [1.165, 1.54) is 12.3 Å². The molecular formula is C25H31NO6. The fourth-order valence-electron chi connectivity index (χ4n) is 4.22. The lowest BCUT2D eigenvalue weighted by Gasteiger charge is -2.32. The van der Waals surface area contributed by atoms with Crippen LogP contribution in [0.3, 0.4) is 0 Å². The van der Waals surface area contributed by atoms with Crippen LogP contribution in [0.2, 0.25) is 0 Å². The lowest BCUT2D eigenvalue weighted by molar-refractivity contribution is 0.0693. The molecule has 0 spiro atoms. The zero-order valence-electron chi connectivity index (χ0n) is 19.1. The fraction of sp³-hybridized carbons (Fsp3) is 0.520. The molecule has 1 N–H and O–H groups in total. The molecule has 1 aromatic heterocycles. The molecule has 0 bridgehead atoms. The zero-order chi connectivity index (χ0) is 23.0. The topological polar surface area (TPSA) is 87.0 Å². The van der Waals surface area contributed by atoms with E-state index in [9.17, 15) is 14.7 Å². The van der Waals surface area contributed by atoms with Crippen molar-refractivity contribution < 1.29 is 24.1 Å². The Labute approximate surface area is 187 Å². The van der Waals surface area contributed by atoms with Gasteiger partial charge in [0.15, 0.2) is 5.43 Å². The lowest BCUT2D eigenvalue weighted by atomic mass is 9.86. The van der Waals surface area contributed by atoms with Gasteiger partial charge in [0.25, 0.3) is 0 Å². The zero-order valence-corrected chi connectivity index (χ0v) is 19.1. The van der Waals surface area contributed by atoms with E-state index in [1.54, 1.807) is 7.11 Å². The Hall–Kier alpha value is -2.80. The number of hydrogen-bond donors (Lipinski definition) is 1. The van der Waals surface area contributed by atoms with Crippen molar-refractivity contribution in [3.63, 3.8) is 0 Å². The highest BCUT2D eigenvalue weighted by molar-refractivity contribution is 5.88. The number of aromatic carboxylic acids is 1. The summed E-state index contributed by atoms with van der Waals surface area (Å²) in [6.45, 7) is 7.79. The van der Waals surface area contributed by atoms with Crippen LogP contribution in [0.25, 0.3) is 11.3 Å². The molecular weight excluding hydrogens is 410 g/mol. The van der Waals surface area contributed by atoms with Gasteiger partial charge in [-0.2, -0.15) is 0 Å². The molecule has 7 nitrogen and oxygen atoms in total. The Morgan fingerprint density at radius 1 is 1.22 bits per heavy atom. The van der Waals surface area contributed by atoms with Crippen LogP contribution in [0.4, 0.5) is 0 Å². The van der Waals surface area contributed by atoms with E-state index in [4.69, 9.17) is 14.2 Å². The Morgan fingerprint density at radius 2 is 1.97 bits per heavy atom. The first-order valence-corrected chi connectivity index (χ1v) is 11.1. The number of hydrogen-bond acceptors (Lipinski definition) is 5. The van der Waals surface area contributed by atoms with Crippen LogP contribution in [0, 0.1) is 5.41 Å². The lowest BCUT2D eigenvalue weighted by Crippen LogP contribution is -2.31. The van der Waals surface area contributed by atoms with Gasteiger partial charge in [0.1, 0.15) is 23.7 Å². The second-order valence-electron chi connectivity index (χ2n) is 9.70. The number of pyridine rings is 1. The maximum absolute atomic E-state index is 12.6. The molecule has 2 heterocycles. The van der Waals surface area contributed by atoms with Gasteiger partial charge in [0.05, 0.1) is 18.3 Å². The molecule has 1 aliphatic carbocycles. The number of benzene rings is 1. The smallest absolute Gasteiger partial charge is 0.341 e. The molecule has 1 atom stereocenters. The monoisotopic (exact) mass is 441 g/mol. The van der Waals surface area contributed by atoms with E-state index >= 15 is 0 Å². The standard InChI is InChI=1S/C25H31NO6/c1-25(2,3)23-14-32-22-12-21(31-9-5-8-30-4)16(15-6-7-15)10-17(22)19-11-20(27)18(24(28)29)13-26(19)23/h10-13,15,23H,5-9,14H2,1-4H3,(H,28,29). The average molecular weight is 442 g/mol. The summed E-state index contributed by atoms with van der Waals surface area (Å²) in [5, 5.41) is 9.53. The van der Waals surface area contributed by atoms with E-state index in [-0.39, 0.29) is 17.0 Å². The number of nitrogens with zero attached hydrogens (tertiary/aromatic N) is 1.